The van der Waals surface area contributed by atoms with Crippen LogP contribution in [0.3, 0.4) is 0 Å². The molecular weight excluding hydrogens is 308 g/mol. The van der Waals surface area contributed by atoms with E-state index in [4.69, 9.17) is 6.57 Å². The summed E-state index contributed by atoms with van der Waals surface area (Å²) in [7, 11) is 0. The summed E-state index contributed by atoms with van der Waals surface area (Å²) in [6, 6.07) is 3.56. The van der Waals surface area contributed by atoms with Crippen molar-refractivity contribution >= 4 is 11.7 Å². The Morgan fingerprint density at radius 3 is 1.81 bits per heavy atom. The van der Waals surface area contributed by atoms with Crippen LogP contribution in [0.2, 0.25) is 0 Å². The van der Waals surface area contributed by atoms with Gasteiger partial charge < -0.3 is 9.84 Å². The molecule has 0 aliphatic carbocycles. The second-order valence-electron chi connectivity index (χ2n) is 3.67. The predicted octanol–water partition coefficient (Wildman–Crippen LogP) is 2.37. The number of ether oxygens (including phenoxy) is 1. The molecule has 0 aliphatic rings. The van der Waals surface area contributed by atoms with Crippen LogP contribution in [0.4, 0.5) is 32.0 Å². The van der Waals surface area contributed by atoms with E-state index in [0.29, 0.717) is 0 Å². The van der Waals surface area contributed by atoms with Gasteiger partial charge >= 0.3 is 18.3 Å². The summed E-state index contributed by atoms with van der Waals surface area (Å²) in [5.41, 5.74) is -5.88. The van der Waals surface area contributed by atoms with E-state index in [1.807, 2.05) is 0 Å². The second-order valence-corrected chi connectivity index (χ2v) is 3.67. The highest BCUT2D eigenvalue weighted by atomic mass is 19.4. The highest BCUT2D eigenvalue weighted by molar-refractivity contribution is 5.83. The van der Waals surface area contributed by atoms with Crippen LogP contribution in [0.5, 0.6) is 5.75 Å². The van der Waals surface area contributed by atoms with Gasteiger partial charge in [0.05, 0.1) is 6.57 Å². The minimum atomic E-state index is -6.42. The van der Waals surface area contributed by atoms with Crippen molar-refractivity contribution in [3.8, 4) is 5.75 Å². The zero-order valence-corrected chi connectivity index (χ0v) is 9.75. The number of hydrogen-bond donors (Lipinski definition) is 0. The van der Waals surface area contributed by atoms with Gasteiger partial charge in [-0.1, -0.05) is 12.1 Å². The molecular formula is C11H4F6NO3-. The summed E-state index contributed by atoms with van der Waals surface area (Å²) in [5, 5.41) is 11.0. The molecule has 21 heavy (non-hydrogen) atoms. The lowest BCUT2D eigenvalue weighted by atomic mass is 10.0. The maximum atomic E-state index is 12.3. The molecule has 1 aromatic carbocycles. The first-order chi connectivity index (χ1) is 9.43. The third kappa shape index (κ3) is 3.08. The highest BCUT2D eigenvalue weighted by Crippen LogP contribution is 2.41. The zero-order valence-electron chi connectivity index (χ0n) is 9.75. The molecule has 0 atom stereocenters. The minimum absolute atomic E-state index is 0.00910. The number of carbonyl (C=O) groups excluding carboxylic acids is 1. The number of hydrogen-bond acceptors (Lipinski definition) is 3. The van der Waals surface area contributed by atoms with Gasteiger partial charge in [-0.25, -0.2) is 4.85 Å². The molecule has 0 amide bonds. The van der Waals surface area contributed by atoms with E-state index >= 15 is 0 Å². The number of nitrogens with zero attached hydrogens (tertiary/aromatic N) is 1. The SMILES string of the molecule is [C-]#[N+]c1ccc(OC(=O)C([O-])(C(F)(F)F)C(F)(F)F)cc1. The molecule has 0 saturated carbocycles. The average Bonchev–Trinajstić information content (AvgIpc) is 2.35. The standard InChI is InChI=1S/C11H4F6NO3/c1-18-6-2-4-7(5-3-6)21-8(19)9(20,10(12,13)14)11(15,16)17/h2-5H/q-1. The summed E-state index contributed by atoms with van der Waals surface area (Å²) in [6.07, 6.45) is -12.8. The van der Waals surface area contributed by atoms with E-state index in [2.05, 4.69) is 9.58 Å². The molecule has 0 aliphatic heterocycles. The van der Waals surface area contributed by atoms with E-state index < -0.39 is 29.7 Å². The Bertz CT molecular complexity index is 556. The van der Waals surface area contributed by atoms with Crippen LogP contribution in [-0.4, -0.2) is 23.9 Å². The Morgan fingerprint density at radius 1 is 1.05 bits per heavy atom. The number of esters is 1. The van der Waals surface area contributed by atoms with E-state index in [9.17, 15) is 36.2 Å². The smallest absolute Gasteiger partial charge is 0.399 e. The van der Waals surface area contributed by atoms with Crippen LogP contribution in [-0.2, 0) is 4.79 Å². The normalized spacial score (nSPS) is 12.7. The van der Waals surface area contributed by atoms with Crippen molar-refractivity contribution in [3.63, 3.8) is 0 Å². The Kier molecular flexibility index (Phi) is 4.19. The Morgan fingerprint density at radius 2 is 1.48 bits per heavy atom. The zero-order chi connectivity index (χ0) is 16.5. The summed E-state index contributed by atoms with van der Waals surface area (Å²) in [6.45, 7) is 6.59. The molecule has 0 radical (unpaired) electrons. The number of halogens is 6. The Labute approximate surface area is 113 Å². The molecule has 0 heterocycles. The molecule has 114 valence electrons. The molecule has 0 spiro atoms. The van der Waals surface area contributed by atoms with Crippen LogP contribution in [0.15, 0.2) is 24.3 Å². The first-order valence-corrected chi connectivity index (χ1v) is 4.97. The van der Waals surface area contributed by atoms with Crippen LogP contribution >= 0.6 is 0 Å². The van der Waals surface area contributed by atoms with E-state index in [1.54, 1.807) is 0 Å². The fourth-order valence-corrected chi connectivity index (χ4v) is 1.16. The van der Waals surface area contributed by atoms with Crippen molar-refractivity contribution in [2.45, 2.75) is 18.0 Å². The van der Waals surface area contributed by atoms with E-state index in [1.165, 1.54) is 0 Å². The summed E-state index contributed by atoms with van der Waals surface area (Å²) >= 11 is 0. The highest BCUT2D eigenvalue weighted by Gasteiger charge is 2.68. The maximum Gasteiger partial charge on any atom is 0.399 e. The van der Waals surface area contributed by atoms with Crippen LogP contribution in [0, 0.1) is 6.57 Å². The van der Waals surface area contributed by atoms with Gasteiger partial charge in [-0.15, -0.1) is 0 Å². The fraction of sp³-hybridized carbons (Fsp3) is 0.273. The van der Waals surface area contributed by atoms with Gasteiger partial charge in [-0.2, -0.15) is 26.3 Å². The lowest BCUT2D eigenvalue weighted by molar-refractivity contribution is -0.573. The molecule has 1 aromatic rings. The number of alkyl halides is 6. The third-order valence-corrected chi connectivity index (χ3v) is 2.26. The fourth-order valence-electron chi connectivity index (χ4n) is 1.16. The van der Waals surface area contributed by atoms with Gasteiger partial charge in [0.2, 0.25) is 0 Å². The molecule has 1 rings (SSSR count). The van der Waals surface area contributed by atoms with Gasteiger partial charge in [-0.05, 0) is 12.1 Å². The Balaban J connectivity index is 3.11. The third-order valence-electron chi connectivity index (χ3n) is 2.26. The molecule has 0 aromatic heterocycles. The molecule has 0 fully saturated rings. The van der Waals surface area contributed by atoms with Crippen LogP contribution in [0.1, 0.15) is 0 Å². The van der Waals surface area contributed by atoms with Gasteiger partial charge in [0.1, 0.15) is 5.75 Å². The average molecular weight is 312 g/mol. The Hall–Kier alpha value is -2.28. The van der Waals surface area contributed by atoms with Crippen LogP contribution < -0.4 is 9.84 Å². The van der Waals surface area contributed by atoms with E-state index in [-0.39, 0.29) is 5.69 Å². The second kappa shape index (κ2) is 5.25. The van der Waals surface area contributed by atoms with Crippen molar-refractivity contribution in [1.82, 2.24) is 0 Å². The molecule has 0 saturated heterocycles. The summed E-state index contributed by atoms with van der Waals surface area (Å²) in [5.74, 6) is -3.76. The predicted molar refractivity (Wildman–Crippen MR) is 53.2 cm³/mol. The minimum Gasteiger partial charge on any atom is -0.828 e. The summed E-state index contributed by atoms with van der Waals surface area (Å²) in [4.78, 5) is 14.0. The lowest BCUT2D eigenvalue weighted by Gasteiger charge is -2.39. The van der Waals surface area contributed by atoms with Crippen molar-refractivity contribution in [1.29, 1.82) is 0 Å². The van der Waals surface area contributed by atoms with Crippen LogP contribution in [0.25, 0.3) is 4.85 Å². The number of benzene rings is 1. The van der Waals surface area contributed by atoms with Crippen molar-refractivity contribution in [3.05, 3.63) is 35.7 Å². The largest absolute Gasteiger partial charge is 0.828 e. The molecule has 0 N–H and O–H groups in total. The quantitative estimate of drug-likeness (QED) is 0.365. The van der Waals surface area contributed by atoms with Crippen molar-refractivity contribution in [2.75, 3.05) is 0 Å². The van der Waals surface area contributed by atoms with Gasteiger partial charge in [0, 0.05) is 0 Å². The van der Waals surface area contributed by atoms with Gasteiger partial charge in [-0.3, -0.25) is 4.79 Å². The first kappa shape index (κ1) is 16.8. The molecule has 10 heteroatoms. The van der Waals surface area contributed by atoms with Gasteiger partial charge in [0.15, 0.2) is 11.3 Å². The number of carbonyl (C=O) groups is 1. The van der Waals surface area contributed by atoms with E-state index in [0.717, 1.165) is 24.3 Å². The maximum absolute atomic E-state index is 12.3. The summed E-state index contributed by atoms with van der Waals surface area (Å²) < 4.78 is 77.6. The van der Waals surface area contributed by atoms with Crippen molar-refractivity contribution < 1.29 is 41.0 Å². The molecule has 0 unspecified atom stereocenters. The monoisotopic (exact) mass is 312 g/mol. The lowest BCUT2D eigenvalue weighted by Crippen LogP contribution is -2.72. The number of rotatable bonds is 2. The topological polar surface area (TPSA) is 53.7 Å². The molecule has 4 nitrogen and oxygen atoms in total. The van der Waals surface area contributed by atoms with Crippen molar-refractivity contribution in [2.24, 2.45) is 0 Å². The first-order valence-electron chi connectivity index (χ1n) is 4.97. The van der Waals surface area contributed by atoms with Gasteiger partial charge in [0.25, 0.3) is 0 Å². The molecule has 0 bridgehead atoms.